The van der Waals surface area contributed by atoms with Crippen LogP contribution in [0, 0.1) is 0 Å². The van der Waals surface area contributed by atoms with E-state index in [1.807, 2.05) is 19.2 Å². The second-order valence-electron chi connectivity index (χ2n) is 6.36. The smallest absolute Gasteiger partial charge is 0.269 e. The van der Waals surface area contributed by atoms with Crippen LogP contribution in [-0.2, 0) is 13.5 Å². The van der Waals surface area contributed by atoms with Gasteiger partial charge in [-0.05, 0) is 55.2 Å². The van der Waals surface area contributed by atoms with E-state index in [1.165, 1.54) is 16.5 Å². The highest BCUT2D eigenvalue weighted by molar-refractivity contribution is 8.03. The number of allylic oxidation sites excluding steroid dienone is 2. The number of unbranched alkanes of at least 4 members (excludes halogenated alkanes) is 1. The molecule has 0 aliphatic heterocycles. The Hall–Kier alpha value is -2.27. The molecule has 0 bridgehead atoms. The SMILES string of the molecule is COc1ccc(S/C(=C\CCCc2cn(C)c3ccccc23)C(F)F)cc1. The number of alkyl halides is 2. The van der Waals surface area contributed by atoms with Gasteiger partial charge in [0.2, 0.25) is 0 Å². The summed E-state index contributed by atoms with van der Waals surface area (Å²) in [6.45, 7) is 0. The lowest BCUT2D eigenvalue weighted by molar-refractivity contribution is 0.199. The largest absolute Gasteiger partial charge is 0.497 e. The summed E-state index contributed by atoms with van der Waals surface area (Å²) in [6, 6.07) is 15.4. The predicted molar refractivity (Wildman–Crippen MR) is 109 cm³/mol. The van der Waals surface area contributed by atoms with Gasteiger partial charge < -0.3 is 9.30 Å². The van der Waals surface area contributed by atoms with Gasteiger partial charge >= 0.3 is 0 Å². The Morgan fingerprint density at radius 3 is 2.59 bits per heavy atom. The van der Waals surface area contributed by atoms with Crippen molar-refractivity contribution in [2.24, 2.45) is 7.05 Å². The maximum atomic E-state index is 13.4. The number of rotatable bonds is 8. The van der Waals surface area contributed by atoms with Crippen LogP contribution in [0.4, 0.5) is 8.78 Å². The lowest BCUT2D eigenvalue weighted by Gasteiger charge is -2.07. The third kappa shape index (κ3) is 4.92. The first-order valence-corrected chi connectivity index (χ1v) is 9.73. The monoisotopic (exact) mass is 387 g/mol. The van der Waals surface area contributed by atoms with E-state index < -0.39 is 6.43 Å². The molecule has 1 aromatic heterocycles. The number of thioether (sulfide) groups is 1. The molecule has 5 heteroatoms. The third-order valence-electron chi connectivity index (χ3n) is 4.49. The highest BCUT2D eigenvalue weighted by atomic mass is 32.2. The van der Waals surface area contributed by atoms with Gasteiger partial charge in [-0.3, -0.25) is 0 Å². The lowest BCUT2D eigenvalue weighted by atomic mass is 10.1. The molecule has 0 fully saturated rings. The third-order valence-corrected chi connectivity index (χ3v) is 5.57. The Labute approximate surface area is 162 Å². The van der Waals surface area contributed by atoms with Gasteiger partial charge in [-0.1, -0.05) is 36.0 Å². The number of hydrogen-bond acceptors (Lipinski definition) is 2. The minimum atomic E-state index is -2.46. The minimum Gasteiger partial charge on any atom is -0.497 e. The highest BCUT2D eigenvalue weighted by Crippen LogP contribution is 2.32. The Morgan fingerprint density at radius 1 is 1.15 bits per heavy atom. The maximum absolute atomic E-state index is 13.4. The van der Waals surface area contributed by atoms with E-state index in [0.717, 1.165) is 35.2 Å². The number of benzene rings is 2. The first kappa shape index (κ1) is 19.5. The molecule has 0 saturated carbocycles. The fourth-order valence-corrected chi connectivity index (χ4v) is 3.95. The molecule has 0 spiro atoms. The molecule has 0 radical (unpaired) electrons. The Balaban J connectivity index is 1.61. The van der Waals surface area contributed by atoms with E-state index in [9.17, 15) is 8.78 Å². The van der Waals surface area contributed by atoms with E-state index in [-0.39, 0.29) is 4.91 Å². The maximum Gasteiger partial charge on any atom is 0.269 e. The topological polar surface area (TPSA) is 14.2 Å². The number of ether oxygens (including phenoxy) is 1. The first-order valence-electron chi connectivity index (χ1n) is 8.91. The summed E-state index contributed by atoms with van der Waals surface area (Å²) < 4.78 is 34.0. The second kappa shape index (κ2) is 9.09. The summed E-state index contributed by atoms with van der Waals surface area (Å²) in [5.41, 5.74) is 2.47. The van der Waals surface area contributed by atoms with Crippen LogP contribution in [0.5, 0.6) is 5.75 Å². The van der Waals surface area contributed by atoms with E-state index in [4.69, 9.17) is 4.74 Å². The first-order chi connectivity index (χ1) is 13.1. The van der Waals surface area contributed by atoms with Gasteiger partial charge in [-0.15, -0.1) is 0 Å². The number of para-hydroxylation sites is 1. The molecule has 27 heavy (non-hydrogen) atoms. The molecule has 3 aromatic rings. The van der Waals surface area contributed by atoms with Gasteiger partial charge in [-0.25, -0.2) is 8.78 Å². The van der Waals surface area contributed by atoms with Crippen LogP contribution in [0.1, 0.15) is 18.4 Å². The molecule has 0 saturated heterocycles. The van der Waals surface area contributed by atoms with Crippen LogP contribution in [0.3, 0.4) is 0 Å². The van der Waals surface area contributed by atoms with E-state index in [1.54, 1.807) is 37.5 Å². The molecule has 0 unspecified atom stereocenters. The van der Waals surface area contributed by atoms with Crippen LogP contribution in [0.25, 0.3) is 10.9 Å². The summed E-state index contributed by atoms with van der Waals surface area (Å²) in [4.78, 5) is 0.898. The van der Waals surface area contributed by atoms with Crippen LogP contribution >= 0.6 is 11.8 Å². The second-order valence-corrected chi connectivity index (χ2v) is 7.51. The predicted octanol–water partition coefficient (Wildman–Crippen LogP) is 6.45. The van der Waals surface area contributed by atoms with Crippen molar-refractivity contribution in [3.05, 3.63) is 71.3 Å². The zero-order valence-electron chi connectivity index (χ0n) is 15.5. The van der Waals surface area contributed by atoms with Gasteiger partial charge in [0.1, 0.15) is 5.75 Å². The fourth-order valence-electron chi connectivity index (χ4n) is 3.12. The van der Waals surface area contributed by atoms with E-state index >= 15 is 0 Å². The number of aryl methyl sites for hydroxylation is 2. The Kier molecular flexibility index (Phi) is 6.56. The van der Waals surface area contributed by atoms with Gasteiger partial charge in [0, 0.05) is 29.0 Å². The average Bonchev–Trinajstić information content (AvgIpc) is 3.00. The summed E-state index contributed by atoms with van der Waals surface area (Å²) in [5, 5.41) is 1.24. The number of aromatic nitrogens is 1. The van der Waals surface area contributed by atoms with Crippen molar-refractivity contribution in [1.29, 1.82) is 0 Å². The molecule has 142 valence electrons. The lowest BCUT2D eigenvalue weighted by Crippen LogP contribution is -1.93. The van der Waals surface area contributed by atoms with Crippen molar-refractivity contribution in [3.63, 3.8) is 0 Å². The summed E-state index contributed by atoms with van der Waals surface area (Å²) >= 11 is 1.12. The molecule has 0 aliphatic carbocycles. The van der Waals surface area contributed by atoms with Crippen molar-refractivity contribution < 1.29 is 13.5 Å². The molecule has 1 heterocycles. The Bertz CT molecular complexity index is 916. The van der Waals surface area contributed by atoms with E-state index in [2.05, 4.69) is 22.9 Å². The summed E-state index contributed by atoms with van der Waals surface area (Å²) in [7, 11) is 3.62. The molecule has 0 atom stereocenters. The normalized spacial score (nSPS) is 12.1. The molecular weight excluding hydrogens is 364 g/mol. The summed E-state index contributed by atoms with van der Waals surface area (Å²) in [6.07, 6.45) is 3.69. The molecule has 0 aliphatic rings. The van der Waals surface area contributed by atoms with Gasteiger partial charge in [-0.2, -0.15) is 0 Å². The van der Waals surface area contributed by atoms with Crippen molar-refractivity contribution >= 4 is 22.7 Å². The van der Waals surface area contributed by atoms with Crippen LogP contribution in [0.15, 0.2) is 70.6 Å². The quantitative estimate of drug-likeness (QED) is 0.326. The fraction of sp³-hybridized carbons (Fsp3) is 0.273. The molecule has 3 rings (SSSR count). The van der Waals surface area contributed by atoms with Crippen molar-refractivity contribution in [2.75, 3.05) is 7.11 Å². The van der Waals surface area contributed by atoms with Crippen molar-refractivity contribution in [1.82, 2.24) is 4.57 Å². The number of halogens is 2. The standard InChI is InChI=1S/C22H23F2NOS/c1-25-15-16(19-8-4-5-9-20(19)25)7-3-6-10-21(22(23)24)27-18-13-11-17(26-2)12-14-18/h4-5,8-15,22H,3,6-7H2,1-2H3/b21-10-. The van der Waals surface area contributed by atoms with Crippen LogP contribution < -0.4 is 4.74 Å². The van der Waals surface area contributed by atoms with Crippen molar-refractivity contribution in [3.8, 4) is 5.75 Å². The van der Waals surface area contributed by atoms with Crippen molar-refractivity contribution in [2.45, 2.75) is 30.6 Å². The average molecular weight is 387 g/mol. The number of methoxy groups -OCH3 is 1. The minimum absolute atomic E-state index is 0.109. The molecular formula is C22H23F2NOS. The molecule has 0 N–H and O–H groups in total. The van der Waals surface area contributed by atoms with Crippen LogP contribution in [0.2, 0.25) is 0 Å². The van der Waals surface area contributed by atoms with E-state index in [0.29, 0.717) is 6.42 Å². The van der Waals surface area contributed by atoms with Crippen LogP contribution in [-0.4, -0.2) is 18.1 Å². The van der Waals surface area contributed by atoms with Gasteiger partial charge in [0.15, 0.2) is 0 Å². The van der Waals surface area contributed by atoms with Gasteiger partial charge in [0.25, 0.3) is 6.43 Å². The Morgan fingerprint density at radius 2 is 1.89 bits per heavy atom. The number of nitrogens with zero attached hydrogens (tertiary/aromatic N) is 1. The molecule has 2 aromatic carbocycles. The highest BCUT2D eigenvalue weighted by Gasteiger charge is 2.13. The zero-order chi connectivity index (χ0) is 19.2. The molecule has 0 amide bonds. The van der Waals surface area contributed by atoms with Gasteiger partial charge in [0.05, 0.1) is 12.0 Å². The number of fused-ring (bicyclic) bond motifs is 1. The summed E-state index contributed by atoms with van der Waals surface area (Å²) in [5.74, 6) is 0.719. The zero-order valence-corrected chi connectivity index (χ0v) is 16.3. The number of hydrogen-bond donors (Lipinski definition) is 0. The molecule has 2 nitrogen and oxygen atoms in total.